The third-order valence-corrected chi connectivity index (χ3v) is 2.86. The van der Waals surface area contributed by atoms with Crippen molar-refractivity contribution >= 4 is 16.5 Å². The van der Waals surface area contributed by atoms with Gasteiger partial charge in [0.05, 0.1) is 13.2 Å². The summed E-state index contributed by atoms with van der Waals surface area (Å²) in [5.41, 5.74) is 0. The van der Waals surface area contributed by atoms with Crippen LogP contribution in [0.15, 0.2) is 6.20 Å². The zero-order valence-electron chi connectivity index (χ0n) is 9.82. The maximum absolute atomic E-state index is 5.26. The molecular formula is C11H20N2OS. The molecule has 0 aromatic carbocycles. The van der Waals surface area contributed by atoms with Gasteiger partial charge in [-0.15, -0.1) is 11.3 Å². The Morgan fingerprint density at radius 3 is 2.47 bits per heavy atom. The number of hydrogen-bond acceptors (Lipinski definition) is 4. The number of aromatic nitrogens is 1. The lowest BCUT2D eigenvalue weighted by Crippen LogP contribution is -2.36. The van der Waals surface area contributed by atoms with Crippen LogP contribution in [0.25, 0.3) is 0 Å². The van der Waals surface area contributed by atoms with Gasteiger partial charge < -0.3 is 9.64 Å². The first-order chi connectivity index (χ1) is 7.27. The first-order valence-corrected chi connectivity index (χ1v) is 6.34. The van der Waals surface area contributed by atoms with Gasteiger partial charge in [-0.25, -0.2) is 4.98 Å². The van der Waals surface area contributed by atoms with E-state index in [0.29, 0.717) is 0 Å². The van der Waals surface area contributed by atoms with Crippen LogP contribution in [0, 0.1) is 6.92 Å². The van der Waals surface area contributed by atoms with Crippen molar-refractivity contribution in [3.63, 3.8) is 0 Å². The molecule has 1 saturated heterocycles. The number of morpholine rings is 1. The standard InChI is InChI=1S/C8H12N2OS.C3H8/c1-7-6-9-8(12-7)10-2-4-11-5-3-10;1-3-2/h6H,2-5H2,1H3;3H2,1-2H3. The maximum Gasteiger partial charge on any atom is 0.185 e. The molecule has 0 radical (unpaired) electrons. The third kappa shape index (κ3) is 4.18. The molecule has 0 N–H and O–H groups in total. The summed E-state index contributed by atoms with van der Waals surface area (Å²) in [4.78, 5) is 7.88. The maximum atomic E-state index is 5.26. The van der Waals surface area contributed by atoms with E-state index in [2.05, 4.69) is 30.7 Å². The zero-order chi connectivity index (χ0) is 11.1. The van der Waals surface area contributed by atoms with Crippen LogP contribution in [0.2, 0.25) is 0 Å². The minimum atomic E-state index is 0.832. The normalized spacial score (nSPS) is 15.8. The van der Waals surface area contributed by atoms with Gasteiger partial charge in [0, 0.05) is 24.2 Å². The van der Waals surface area contributed by atoms with E-state index in [0.717, 1.165) is 31.4 Å². The molecule has 0 unspecified atom stereocenters. The van der Waals surface area contributed by atoms with E-state index in [-0.39, 0.29) is 0 Å². The Morgan fingerprint density at radius 1 is 1.40 bits per heavy atom. The Labute approximate surface area is 96.1 Å². The number of thiazole rings is 1. The van der Waals surface area contributed by atoms with Gasteiger partial charge in [-0.2, -0.15) is 0 Å². The van der Waals surface area contributed by atoms with E-state index in [9.17, 15) is 0 Å². The van der Waals surface area contributed by atoms with Gasteiger partial charge in [0.15, 0.2) is 5.13 Å². The Bertz CT molecular complexity index is 269. The van der Waals surface area contributed by atoms with Crippen LogP contribution >= 0.6 is 11.3 Å². The molecule has 0 spiro atoms. The minimum absolute atomic E-state index is 0.832. The van der Waals surface area contributed by atoms with Crippen molar-refractivity contribution in [2.24, 2.45) is 0 Å². The first-order valence-electron chi connectivity index (χ1n) is 5.53. The van der Waals surface area contributed by atoms with Crippen LogP contribution in [0.5, 0.6) is 0 Å². The topological polar surface area (TPSA) is 25.4 Å². The van der Waals surface area contributed by atoms with Crippen molar-refractivity contribution in [1.29, 1.82) is 0 Å². The molecule has 1 aliphatic rings. The van der Waals surface area contributed by atoms with Crippen LogP contribution in [0.1, 0.15) is 25.1 Å². The summed E-state index contributed by atoms with van der Waals surface area (Å²) < 4.78 is 5.26. The summed E-state index contributed by atoms with van der Waals surface area (Å²) >= 11 is 1.75. The van der Waals surface area contributed by atoms with Crippen molar-refractivity contribution in [2.75, 3.05) is 31.2 Å². The van der Waals surface area contributed by atoms with E-state index < -0.39 is 0 Å². The first kappa shape index (κ1) is 12.5. The highest BCUT2D eigenvalue weighted by Gasteiger charge is 2.13. The second-order valence-electron chi connectivity index (χ2n) is 3.56. The third-order valence-electron chi connectivity index (χ3n) is 1.89. The number of anilines is 1. The molecule has 86 valence electrons. The molecular weight excluding hydrogens is 208 g/mol. The summed E-state index contributed by atoms with van der Waals surface area (Å²) in [6, 6.07) is 0. The smallest absolute Gasteiger partial charge is 0.185 e. The number of nitrogens with zero attached hydrogens (tertiary/aromatic N) is 2. The Morgan fingerprint density at radius 2 is 2.00 bits per heavy atom. The fourth-order valence-corrected chi connectivity index (χ4v) is 2.05. The average molecular weight is 228 g/mol. The predicted octanol–water partition coefficient (Wildman–Crippen LogP) is 2.70. The van der Waals surface area contributed by atoms with Crippen molar-refractivity contribution in [3.05, 3.63) is 11.1 Å². The molecule has 1 aromatic rings. The second kappa shape index (κ2) is 6.80. The van der Waals surface area contributed by atoms with Gasteiger partial charge in [0.1, 0.15) is 0 Å². The SMILES string of the molecule is CCC.Cc1cnc(N2CCOCC2)s1. The largest absolute Gasteiger partial charge is 0.378 e. The zero-order valence-corrected chi connectivity index (χ0v) is 10.6. The van der Waals surface area contributed by atoms with Crippen LogP contribution < -0.4 is 4.90 Å². The van der Waals surface area contributed by atoms with Crippen LogP contribution in [-0.4, -0.2) is 31.3 Å². The van der Waals surface area contributed by atoms with Crippen molar-refractivity contribution in [2.45, 2.75) is 27.2 Å². The molecule has 3 nitrogen and oxygen atoms in total. The minimum Gasteiger partial charge on any atom is -0.378 e. The Hall–Kier alpha value is -0.610. The van der Waals surface area contributed by atoms with Gasteiger partial charge in [0.25, 0.3) is 0 Å². The lowest BCUT2D eigenvalue weighted by molar-refractivity contribution is 0.122. The number of rotatable bonds is 1. The molecule has 1 aliphatic heterocycles. The molecule has 0 amide bonds. The molecule has 15 heavy (non-hydrogen) atoms. The monoisotopic (exact) mass is 228 g/mol. The van der Waals surface area contributed by atoms with Crippen LogP contribution in [0.3, 0.4) is 0 Å². The highest BCUT2D eigenvalue weighted by atomic mass is 32.1. The van der Waals surface area contributed by atoms with Crippen LogP contribution in [-0.2, 0) is 4.74 Å². The quantitative estimate of drug-likeness (QED) is 0.739. The van der Waals surface area contributed by atoms with E-state index in [1.54, 1.807) is 11.3 Å². The summed E-state index contributed by atoms with van der Waals surface area (Å²) in [6.07, 6.45) is 3.18. The molecule has 0 saturated carbocycles. The van der Waals surface area contributed by atoms with Crippen LogP contribution in [0.4, 0.5) is 5.13 Å². The molecule has 1 aromatic heterocycles. The number of hydrogen-bond donors (Lipinski definition) is 0. The number of aryl methyl sites for hydroxylation is 1. The Balaban J connectivity index is 0.000000337. The highest BCUT2D eigenvalue weighted by molar-refractivity contribution is 7.15. The highest BCUT2D eigenvalue weighted by Crippen LogP contribution is 2.21. The van der Waals surface area contributed by atoms with Crippen molar-refractivity contribution in [3.8, 4) is 0 Å². The molecule has 4 heteroatoms. The average Bonchev–Trinajstić information content (AvgIpc) is 2.67. The molecule has 2 heterocycles. The summed E-state index contributed by atoms with van der Waals surface area (Å²) in [7, 11) is 0. The Kier molecular flexibility index (Phi) is 5.65. The fourth-order valence-electron chi connectivity index (χ4n) is 1.24. The van der Waals surface area contributed by atoms with E-state index in [4.69, 9.17) is 4.74 Å². The molecule has 1 fully saturated rings. The summed E-state index contributed by atoms with van der Waals surface area (Å²) in [6.45, 7) is 9.96. The second-order valence-corrected chi connectivity index (χ2v) is 4.77. The lowest BCUT2D eigenvalue weighted by Gasteiger charge is -2.25. The van der Waals surface area contributed by atoms with Gasteiger partial charge in [-0.1, -0.05) is 20.3 Å². The fraction of sp³-hybridized carbons (Fsp3) is 0.727. The summed E-state index contributed by atoms with van der Waals surface area (Å²) in [5.74, 6) is 0. The molecule has 0 bridgehead atoms. The summed E-state index contributed by atoms with van der Waals surface area (Å²) in [5, 5.41) is 1.14. The molecule has 0 atom stereocenters. The number of ether oxygens (including phenoxy) is 1. The molecule has 2 rings (SSSR count). The van der Waals surface area contributed by atoms with Gasteiger partial charge in [-0.3, -0.25) is 0 Å². The van der Waals surface area contributed by atoms with Crippen molar-refractivity contribution < 1.29 is 4.74 Å². The van der Waals surface area contributed by atoms with Gasteiger partial charge in [0.2, 0.25) is 0 Å². The predicted molar refractivity (Wildman–Crippen MR) is 65.8 cm³/mol. The molecule has 0 aliphatic carbocycles. The van der Waals surface area contributed by atoms with E-state index in [1.807, 2.05) is 6.20 Å². The lowest BCUT2D eigenvalue weighted by atomic mass is 10.5. The van der Waals surface area contributed by atoms with Gasteiger partial charge >= 0.3 is 0 Å². The van der Waals surface area contributed by atoms with E-state index >= 15 is 0 Å². The van der Waals surface area contributed by atoms with Crippen molar-refractivity contribution in [1.82, 2.24) is 4.98 Å². The van der Waals surface area contributed by atoms with E-state index in [1.165, 1.54) is 11.3 Å². The van der Waals surface area contributed by atoms with Gasteiger partial charge in [-0.05, 0) is 6.92 Å².